The number of carbonyl (C=O) groups excluding carboxylic acids is 1. The molecule has 4 aromatic rings. The van der Waals surface area contributed by atoms with Crippen molar-refractivity contribution in [2.24, 2.45) is 0 Å². The lowest BCUT2D eigenvalue weighted by molar-refractivity contribution is 0.0941. The second-order valence-electron chi connectivity index (χ2n) is 6.47. The number of para-hydroxylation sites is 1. The van der Waals surface area contributed by atoms with E-state index in [0.717, 1.165) is 27.9 Å². The number of fused-ring (bicyclic) bond motifs is 1. The van der Waals surface area contributed by atoms with Crippen LogP contribution in [-0.4, -0.2) is 21.9 Å². The summed E-state index contributed by atoms with van der Waals surface area (Å²) < 4.78 is 5.37. The lowest BCUT2D eigenvalue weighted by Crippen LogP contribution is -2.34. The third kappa shape index (κ3) is 3.72. The van der Waals surface area contributed by atoms with E-state index < -0.39 is 0 Å². The van der Waals surface area contributed by atoms with Gasteiger partial charge in [0, 0.05) is 35.8 Å². The maximum absolute atomic E-state index is 13.0. The number of amides is 1. The molecule has 3 aromatic heterocycles. The van der Waals surface area contributed by atoms with E-state index >= 15 is 0 Å². The Hall–Kier alpha value is -3.47. The Morgan fingerprint density at radius 3 is 2.70 bits per heavy atom. The molecule has 0 saturated heterocycles. The standard InChI is InChI=1S/C22H19N3O2/c1-15(13-17-5-4-12-27-17)24-22(26)19-14-21(16-8-10-23-11-9-16)25-20-7-3-2-6-18(19)20/h2-12,14-15H,13H2,1H3,(H,24,26)/t15-/m1/s1. The molecule has 0 spiro atoms. The van der Waals surface area contributed by atoms with Gasteiger partial charge in [0.25, 0.3) is 5.91 Å². The van der Waals surface area contributed by atoms with Crippen molar-refractivity contribution in [1.29, 1.82) is 0 Å². The molecule has 3 heterocycles. The highest BCUT2D eigenvalue weighted by molar-refractivity contribution is 6.07. The topological polar surface area (TPSA) is 68.0 Å². The monoisotopic (exact) mass is 357 g/mol. The number of pyridine rings is 2. The highest BCUT2D eigenvalue weighted by Crippen LogP contribution is 2.24. The van der Waals surface area contributed by atoms with Crippen LogP contribution in [0.5, 0.6) is 0 Å². The lowest BCUT2D eigenvalue weighted by Gasteiger charge is -2.15. The zero-order chi connectivity index (χ0) is 18.6. The molecule has 1 atom stereocenters. The van der Waals surface area contributed by atoms with E-state index in [1.54, 1.807) is 18.7 Å². The van der Waals surface area contributed by atoms with Crippen molar-refractivity contribution >= 4 is 16.8 Å². The summed E-state index contributed by atoms with van der Waals surface area (Å²) in [5.41, 5.74) is 3.07. The molecule has 1 aromatic carbocycles. The molecule has 0 saturated carbocycles. The van der Waals surface area contributed by atoms with Crippen molar-refractivity contribution in [1.82, 2.24) is 15.3 Å². The lowest BCUT2D eigenvalue weighted by atomic mass is 10.0. The number of furan rings is 1. The summed E-state index contributed by atoms with van der Waals surface area (Å²) in [6, 6.07) is 17.0. The smallest absolute Gasteiger partial charge is 0.252 e. The van der Waals surface area contributed by atoms with Gasteiger partial charge >= 0.3 is 0 Å². The number of nitrogens with zero attached hydrogens (tertiary/aromatic N) is 2. The Morgan fingerprint density at radius 1 is 1.11 bits per heavy atom. The molecule has 4 rings (SSSR count). The Labute approximate surface area is 157 Å². The first-order valence-electron chi connectivity index (χ1n) is 8.84. The quantitative estimate of drug-likeness (QED) is 0.580. The second kappa shape index (κ2) is 7.41. The van der Waals surface area contributed by atoms with Crippen LogP contribution in [0.15, 0.2) is 77.7 Å². The van der Waals surface area contributed by atoms with E-state index in [1.165, 1.54) is 0 Å². The largest absolute Gasteiger partial charge is 0.469 e. The van der Waals surface area contributed by atoms with Crippen molar-refractivity contribution in [2.45, 2.75) is 19.4 Å². The Bertz CT molecular complexity index is 1060. The van der Waals surface area contributed by atoms with Gasteiger partial charge in [0.1, 0.15) is 5.76 Å². The minimum atomic E-state index is -0.122. The minimum absolute atomic E-state index is 0.0556. The van der Waals surface area contributed by atoms with Crippen LogP contribution in [0.25, 0.3) is 22.2 Å². The van der Waals surface area contributed by atoms with Gasteiger partial charge in [-0.3, -0.25) is 9.78 Å². The van der Waals surface area contributed by atoms with Gasteiger partial charge in [0.05, 0.1) is 23.0 Å². The van der Waals surface area contributed by atoms with Crippen LogP contribution < -0.4 is 5.32 Å². The molecule has 1 amide bonds. The summed E-state index contributed by atoms with van der Waals surface area (Å²) in [6.07, 6.45) is 5.72. The molecular weight excluding hydrogens is 338 g/mol. The molecule has 5 heteroatoms. The van der Waals surface area contributed by atoms with E-state index in [1.807, 2.05) is 61.5 Å². The summed E-state index contributed by atoms with van der Waals surface area (Å²) in [7, 11) is 0. The van der Waals surface area contributed by atoms with Crippen LogP contribution in [0, 0.1) is 0 Å². The van der Waals surface area contributed by atoms with Crippen LogP contribution >= 0.6 is 0 Å². The number of aromatic nitrogens is 2. The Balaban J connectivity index is 1.68. The number of hydrogen-bond acceptors (Lipinski definition) is 4. The maximum atomic E-state index is 13.0. The number of benzene rings is 1. The van der Waals surface area contributed by atoms with Crippen molar-refractivity contribution in [3.63, 3.8) is 0 Å². The van der Waals surface area contributed by atoms with Crippen LogP contribution in [0.2, 0.25) is 0 Å². The summed E-state index contributed by atoms with van der Waals surface area (Å²) in [6.45, 7) is 1.97. The molecule has 1 N–H and O–H groups in total. The van der Waals surface area contributed by atoms with Crippen LogP contribution in [0.3, 0.4) is 0 Å². The van der Waals surface area contributed by atoms with E-state index in [0.29, 0.717) is 12.0 Å². The van der Waals surface area contributed by atoms with Crippen molar-refractivity contribution in [3.05, 3.63) is 84.6 Å². The van der Waals surface area contributed by atoms with Gasteiger partial charge in [-0.25, -0.2) is 4.98 Å². The van der Waals surface area contributed by atoms with Gasteiger partial charge in [-0.2, -0.15) is 0 Å². The predicted molar refractivity (Wildman–Crippen MR) is 104 cm³/mol. The van der Waals surface area contributed by atoms with Gasteiger partial charge in [0.2, 0.25) is 0 Å². The van der Waals surface area contributed by atoms with Gasteiger partial charge in [-0.05, 0) is 43.3 Å². The van der Waals surface area contributed by atoms with Crippen molar-refractivity contribution < 1.29 is 9.21 Å². The third-order valence-corrected chi connectivity index (χ3v) is 4.40. The van der Waals surface area contributed by atoms with Crippen LogP contribution in [0.1, 0.15) is 23.0 Å². The zero-order valence-electron chi connectivity index (χ0n) is 14.9. The van der Waals surface area contributed by atoms with Gasteiger partial charge < -0.3 is 9.73 Å². The second-order valence-corrected chi connectivity index (χ2v) is 6.47. The molecule has 0 fully saturated rings. The van der Waals surface area contributed by atoms with Gasteiger partial charge in [0.15, 0.2) is 0 Å². The van der Waals surface area contributed by atoms with E-state index in [9.17, 15) is 4.79 Å². The van der Waals surface area contributed by atoms with Crippen molar-refractivity contribution in [2.75, 3.05) is 0 Å². The number of hydrogen-bond donors (Lipinski definition) is 1. The van der Waals surface area contributed by atoms with Crippen LogP contribution in [0.4, 0.5) is 0 Å². The molecule has 5 nitrogen and oxygen atoms in total. The van der Waals surface area contributed by atoms with E-state index in [-0.39, 0.29) is 11.9 Å². The number of nitrogens with one attached hydrogen (secondary N) is 1. The molecule has 0 aliphatic rings. The summed E-state index contributed by atoms with van der Waals surface area (Å²) >= 11 is 0. The first-order valence-corrected chi connectivity index (χ1v) is 8.84. The Morgan fingerprint density at radius 2 is 1.93 bits per heavy atom. The SMILES string of the molecule is C[C@H](Cc1ccco1)NC(=O)c1cc(-c2ccncc2)nc2ccccc12. The summed E-state index contributed by atoms with van der Waals surface area (Å²) in [5.74, 6) is 0.725. The molecule has 0 bridgehead atoms. The fourth-order valence-electron chi connectivity index (χ4n) is 3.12. The molecule has 0 aliphatic heterocycles. The Kier molecular flexibility index (Phi) is 4.66. The average molecular weight is 357 g/mol. The van der Waals surface area contributed by atoms with Gasteiger partial charge in [-0.15, -0.1) is 0 Å². The molecule has 27 heavy (non-hydrogen) atoms. The predicted octanol–water partition coefficient (Wildman–Crippen LogP) is 4.25. The first kappa shape index (κ1) is 17.0. The summed E-state index contributed by atoms with van der Waals surface area (Å²) in [5, 5.41) is 3.90. The minimum Gasteiger partial charge on any atom is -0.469 e. The van der Waals surface area contributed by atoms with Crippen molar-refractivity contribution in [3.8, 4) is 11.3 Å². The fraction of sp³-hybridized carbons (Fsp3) is 0.136. The molecule has 134 valence electrons. The maximum Gasteiger partial charge on any atom is 0.252 e. The van der Waals surface area contributed by atoms with Gasteiger partial charge in [-0.1, -0.05) is 18.2 Å². The normalized spacial score (nSPS) is 12.0. The molecule has 0 unspecified atom stereocenters. The number of carbonyl (C=O) groups is 1. The molecule has 0 radical (unpaired) electrons. The number of rotatable bonds is 5. The highest BCUT2D eigenvalue weighted by atomic mass is 16.3. The fourth-order valence-corrected chi connectivity index (χ4v) is 3.12. The molecule has 0 aliphatic carbocycles. The van der Waals surface area contributed by atoms with E-state index in [2.05, 4.69) is 10.3 Å². The van der Waals surface area contributed by atoms with E-state index in [4.69, 9.17) is 9.40 Å². The summed E-state index contributed by atoms with van der Waals surface area (Å²) in [4.78, 5) is 21.8. The molecular formula is C22H19N3O2. The van der Waals surface area contributed by atoms with Crippen LogP contribution in [-0.2, 0) is 6.42 Å². The third-order valence-electron chi connectivity index (χ3n) is 4.40. The average Bonchev–Trinajstić information content (AvgIpc) is 3.20. The zero-order valence-corrected chi connectivity index (χ0v) is 14.9. The highest BCUT2D eigenvalue weighted by Gasteiger charge is 2.16. The first-order chi connectivity index (χ1) is 13.2.